The third-order valence-corrected chi connectivity index (χ3v) is 2.87. The van der Waals surface area contributed by atoms with Crippen LogP contribution in [0.25, 0.3) is 11.3 Å². The molecule has 0 unspecified atom stereocenters. The first-order valence-corrected chi connectivity index (χ1v) is 6.47. The summed E-state index contributed by atoms with van der Waals surface area (Å²) in [6, 6.07) is 10.1. The molecule has 0 amide bonds. The molecule has 1 aromatic heterocycles. The predicted molar refractivity (Wildman–Crippen MR) is 77.0 cm³/mol. The van der Waals surface area contributed by atoms with E-state index in [9.17, 15) is 9.59 Å². The van der Waals surface area contributed by atoms with Crippen molar-refractivity contribution in [2.45, 2.75) is 6.92 Å². The van der Waals surface area contributed by atoms with Crippen molar-refractivity contribution < 1.29 is 19.1 Å². The maximum absolute atomic E-state index is 11.7. The second kappa shape index (κ2) is 6.65. The van der Waals surface area contributed by atoms with Gasteiger partial charge in [0.25, 0.3) is 0 Å². The van der Waals surface area contributed by atoms with Gasteiger partial charge in [0.2, 0.25) is 0 Å². The van der Waals surface area contributed by atoms with Gasteiger partial charge in [0.05, 0.1) is 30.5 Å². The van der Waals surface area contributed by atoms with E-state index in [1.165, 1.54) is 7.11 Å². The number of nitrogens with zero attached hydrogens (tertiary/aromatic N) is 1. The maximum Gasteiger partial charge on any atom is 0.338 e. The van der Waals surface area contributed by atoms with Crippen LogP contribution in [0.5, 0.6) is 0 Å². The highest BCUT2D eigenvalue weighted by Gasteiger charge is 2.10. The largest absolute Gasteiger partial charge is 0.465 e. The molecule has 108 valence electrons. The summed E-state index contributed by atoms with van der Waals surface area (Å²) in [5.74, 6) is -0.776. The number of methoxy groups -OCH3 is 1. The molecule has 0 aliphatic heterocycles. The molecule has 1 heterocycles. The van der Waals surface area contributed by atoms with Crippen molar-refractivity contribution in [2.24, 2.45) is 0 Å². The summed E-state index contributed by atoms with van der Waals surface area (Å²) in [5.41, 5.74) is 2.34. The number of esters is 2. The summed E-state index contributed by atoms with van der Waals surface area (Å²) < 4.78 is 9.60. The molecule has 21 heavy (non-hydrogen) atoms. The van der Waals surface area contributed by atoms with Gasteiger partial charge in [0.1, 0.15) is 0 Å². The van der Waals surface area contributed by atoms with Gasteiger partial charge < -0.3 is 9.47 Å². The van der Waals surface area contributed by atoms with Gasteiger partial charge in [-0.3, -0.25) is 4.98 Å². The van der Waals surface area contributed by atoms with E-state index in [0.717, 1.165) is 5.56 Å². The molecule has 0 saturated carbocycles. The molecular weight excluding hydrogens is 270 g/mol. The first-order valence-electron chi connectivity index (χ1n) is 6.47. The Bertz CT molecular complexity index is 650. The smallest absolute Gasteiger partial charge is 0.338 e. The fourth-order valence-corrected chi connectivity index (χ4v) is 1.82. The molecule has 5 nitrogen and oxygen atoms in total. The summed E-state index contributed by atoms with van der Waals surface area (Å²) in [5, 5.41) is 0. The van der Waals surface area contributed by atoms with Gasteiger partial charge >= 0.3 is 11.9 Å². The molecule has 2 rings (SSSR count). The molecule has 0 spiro atoms. The Morgan fingerprint density at radius 3 is 2.38 bits per heavy atom. The average Bonchev–Trinajstić information content (AvgIpc) is 2.54. The second-order valence-electron chi connectivity index (χ2n) is 4.22. The molecular formula is C16H15NO4. The SMILES string of the molecule is CCOC(=O)c1ccnc(-c2ccc(C(=O)OC)cc2)c1. The normalized spacial score (nSPS) is 10.0. The van der Waals surface area contributed by atoms with E-state index in [2.05, 4.69) is 9.72 Å². The van der Waals surface area contributed by atoms with Gasteiger partial charge in [-0.1, -0.05) is 12.1 Å². The fourth-order valence-electron chi connectivity index (χ4n) is 1.82. The first kappa shape index (κ1) is 14.7. The number of aromatic nitrogens is 1. The van der Waals surface area contributed by atoms with Crippen molar-refractivity contribution in [3.05, 3.63) is 53.7 Å². The van der Waals surface area contributed by atoms with E-state index < -0.39 is 5.97 Å². The van der Waals surface area contributed by atoms with E-state index in [-0.39, 0.29) is 5.97 Å². The van der Waals surface area contributed by atoms with Crippen LogP contribution in [-0.2, 0) is 9.47 Å². The summed E-state index contributed by atoms with van der Waals surface area (Å²) in [7, 11) is 1.33. The summed E-state index contributed by atoms with van der Waals surface area (Å²) in [6.45, 7) is 2.08. The van der Waals surface area contributed by atoms with E-state index in [4.69, 9.17) is 4.74 Å². The van der Waals surface area contributed by atoms with Crippen LogP contribution in [0.15, 0.2) is 42.6 Å². The van der Waals surface area contributed by atoms with Crippen molar-refractivity contribution in [1.82, 2.24) is 4.98 Å². The van der Waals surface area contributed by atoms with Crippen molar-refractivity contribution in [3.8, 4) is 11.3 Å². The summed E-state index contributed by atoms with van der Waals surface area (Å²) in [4.78, 5) is 27.3. The van der Waals surface area contributed by atoms with Gasteiger partial charge in [-0.25, -0.2) is 9.59 Å². The second-order valence-corrected chi connectivity index (χ2v) is 4.22. The number of pyridine rings is 1. The molecule has 0 radical (unpaired) electrons. The Labute approximate surface area is 122 Å². The lowest BCUT2D eigenvalue weighted by Gasteiger charge is -2.05. The highest BCUT2D eigenvalue weighted by atomic mass is 16.5. The number of carbonyl (C=O) groups is 2. The topological polar surface area (TPSA) is 65.5 Å². The van der Waals surface area contributed by atoms with Crippen LogP contribution >= 0.6 is 0 Å². The Kier molecular flexibility index (Phi) is 4.66. The van der Waals surface area contributed by atoms with Crippen molar-refractivity contribution >= 4 is 11.9 Å². The average molecular weight is 285 g/mol. The highest BCUT2D eigenvalue weighted by Crippen LogP contribution is 2.19. The lowest BCUT2D eigenvalue weighted by Crippen LogP contribution is -2.05. The molecule has 0 saturated heterocycles. The van der Waals surface area contributed by atoms with Crippen molar-refractivity contribution in [2.75, 3.05) is 13.7 Å². The van der Waals surface area contributed by atoms with Crippen LogP contribution in [0.2, 0.25) is 0 Å². The summed E-state index contributed by atoms with van der Waals surface area (Å²) in [6.07, 6.45) is 1.55. The van der Waals surface area contributed by atoms with Gasteiger partial charge in [-0.15, -0.1) is 0 Å². The third kappa shape index (κ3) is 3.45. The molecule has 0 atom stereocenters. The van der Waals surface area contributed by atoms with Crippen LogP contribution in [0.1, 0.15) is 27.6 Å². The van der Waals surface area contributed by atoms with Crippen molar-refractivity contribution in [3.63, 3.8) is 0 Å². The number of rotatable bonds is 4. The molecule has 1 aromatic carbocycles. The lowest BCUT2D eigenvalue weighted by atomic mass is 10.1. The Morgan fingerprint density at radius 2 is 1.76 bits per heavy atom. The van der Waals surface area contributed by atoms with Crippen LogP contribution in [0, 0.1) is 0 Å². The highest BCUT2D eigenvalue weighted by molar-refractivity contribution is 5.91. The van der Waals surface area contributed by atoms with Gasteiger partial charge in [0, 0.05) is 11.8 Å². The van der Waals surface area contributed by atoms with Gasteiger partial charge in [-0.05, 0) is 31.2 Å². The zero-order chi connectivity index (χ0) is 15.2. The molecule has 0 aliphatic rings. The number of benzene rings is 1. The standard InChI is InChI=1S/C16H15NO4/c1-3-21-16(19)13-8-9-17-14(10-13)11-4-6-12(7-5-11)15(18)20-2/h4-10H,3H2,1-2H3. The lowest BCUT2D eigenvalue weighted by molar-refractivity contribution is 0.0525. The van der Waals surface area contributed by atoms with Crippen LogP contribution in [0.3, 0.4) is 0 Å². The minimum Gasteiger partial charge on any atom is -0.465 e. The molecule has 0 N–H and O–H groups in total. The molecule has 0 bridgehead atoms. The zero-order valence-electron chi connectivity index (χ0n) is 11.8. The quantitative estimate of drug-likeness (QED) is 0.808. The minimum absolute atomic E-state index is 0.324. The predicted octanol–water partition coefficient (Wildman–Crippen LogP) is 2.71. The first-order chi connectivity index (χ1) is 10.2. The van der Waals surface area contributed by atoms with E-state index in [0.29, 0.717) is 23.4 Å². The van der Waals surface area contributed by atoms with E-state index >= 15 is 0 Å². The van der Waals surface area contributed by atoms with Crippen LogP contribution in [-0.4, -0.2) is 30.6 Å². The van der Waals surface area contributed by atoms with Gasteiger partial charge in [0.15, 0.2) is 0 Å². The monoisotopic (exact) mass is 285 g/mol. The number of hydrogen-bond donors (Lipinski definition) is 0. The fraction of sp³-hybridized carbons (Fsp3) is 0.188. The molecule has 0 aliphatic carbocycles. The molecule has 0 fully saturated rings. The Morgan fingerprint density at radius 1 is 1.05 bits per heavy atom. The third-order valence-electron chi connectivity index (χ3n) is 2.87. The van der Waals surface area contributed by atoms with Crippen LogP contribution in [0.4, 0.5) is 0 Å². The number of hydrogen-bond acceptors (Lipinski definition) is 5. The number of ether oxygens (including phenoxy) is 2. The zero-order valence-corrected chi connectivity index (χ0v) is 11.8. The molecule has 5 heteroatoms. The molecule has 2 aromatic rings. The van der Waals surface area contributed by atoms with Crippen molar-refractivity contribution in [1.29, 1.82) is 0 Å². The van der Waals surface area contributed by atoms with E-state index in [1.54, 1.807) is 49.5 Å². The Hall–Kier alpha value is -2.69. The van der Waals surface area contributed by atoms with Gasteiger partial charge in [-0.2, -0.15) is 0 Å². The minimum atomic E-state index is -0.394. The maximum atomic E-state index is 11.7. The summed E-state index contributed by atoms with van der Waals surface area (Å²) >= 11 is 0. The van der Waals surface area contributed by atoms with Crippen LogP contribution < -0.4 is 0 Å². The van der Waals surface area contributed by atoms with E-state index in [1.807, 2.05) is 0 Å². The Balaban J connectivity index is 2.28. The number of carbonyl (C=O) groups excluding carboxylic acids is 2.